The van der Waals surface area contributed by atoms with Gasteiger partial charge in [0.15, 0.2) is 0 Å². The van der Waals surface area contributed by atoms with Gasteiger partial charge in [0, 0.05) is 13.6 Å². The van der Waals surface area contributed by atoms with Crippen LogP contribution in [0.5, 0.6) is 0 Å². The molecule has 1 atom stereocenters. The van der Waals surface area contributed by atoms with Gasteiger partial charge in [-0.05, 0) is 38.3 Å². The molecule has 2 heterocycles. The molecule has 18 heavy (non-hydrogen) atoms. The maximum absolute atomic E-state index is 11.8. The molecule has 1 amide bonds. The molecule has 1 unspecified atom stereocenters. The topological polar surface area (TPSA) is 59.0 Å². The summed E-state index contributed by atoms with van der Waals surface area (Å²) in [6.45, 7) is 2.97. The minimum atomic E-state index is -0.0335. The zero-order chi connectivity index (χ0) is 12.1. The number of imidazole rings is 1. The van der Waals surface area contributed by atoms with Crippen molar-refractivity contribution in [3.8, 4) is 0 Å². The van der Waals surface area contributed by atoms with Crippen molar-refractivity contribution in [2.24, 2.45) is 13.0 Å². The quantitative estimate of drug-likeness (QED) is 0.858. The summed E-state index contributed by atoms with van der Waals surface area (Å²) in [6, 6.07) is 0. The van der Waals surface area contributed by atoms with E-state index in [-0.39, 0.29) is 18.3 Å². The summed E-state index contributed by atoms with van der Waals surface area (Å²) in [5.41, 5.74) is 0.617. The number of nitrogens with zero attached hydrogens (tertiary/aromatic N) is 2. The average Bonchev–Trinajstić information content (AvgIpc) is 2.77. The van der Waals surface area contributed by atoms with Crippen molar-refractivity contribution in [3.05, 3.63) is 18.2 Å². The molecule has 6 heteroatoms. The summed E-state index contributed by atoms with van der Waals surface area (Å²) in [7, 11) is 1.83. The summed E-state index contributed by atoms with van der Waals surface area (Å²) in [5, 5.41) is 6.33. The Labute approximate surface area is 114 Å². The van der Waals surface area contributed by atoms with Gasteiger partial charge in [0.05, 0.1) is 12.5 Å². The van der Waals surface area contributed by atoms with E-state index >= 15 is 0 Å². The van der Waals surface area contributed by atoms with Crippen molar-refractivity contribution >= 4 is 18.3 Å². The van der Waals surface area contributed by atoms with Gasteiger partial charge in [-0.15, -0.1) is 12.4 Å². The molecule has 1 saturated heterocycles. The van der Waals surface area contributed by atoms with E-state index in [0.29, 0.717) is 11.6 Å². The fourth-order valence-electron chi connectivity index (χ4n) is 2.23. The fraction of sp³-hybridized carbons (Fsp3) is 0.667. The molecular formula is C12H21ClN4O. The third-order valence-corrected chi connectivity index (χ3v) is 3.29. The van der Waals surface area contributed by atoms with Gasteiger partial charge in [-0.3, -0.25) is 4.79 Å². The van der Waals surface area contributed by atoms with Crippen molar-refractivity contribution < 1.29 is 4.79 Å². The first kappa shape index (κ1) is 15.0. The number of piperidine rings is 1. The number of aromatic nitrogens is 2. The van der Waals surface area contributed by atoms with Crippen LogP contribution in [0.2, 0.25) is 0 Å². The highest BCUT2D eigenvalue weighted by molar-refractivity contribution is 5.92. The maximum atomic E-state index is 11.8. The molecule has 1 aromatic rings. The highest BCUT2D eigenvalue weighted by Gasteiger charge is 2.14. The molecule has 0 aliphatic carbocycles. The van der Waals surface area contributed by atoms with Crippen LogP contribution in [-0.2, 0) is 7.05 Å². The first-order valence-electron chi connectivity index (χ1n) is 6.22. The Morgan fingerprint density at radius 3 is 3.11 bits per heavy atom. The first-order valence-corrected chi connectivity index (χ1v) is 6.22. The van der Waals surface area contributed by atoms with Crippen molar-refractivity contribution in [2.45, 2.75) is 19.3 Å². The van der Waals surface area contributed by atoms with E-state index in [1.54, 1.807) is 17.1 Å². The van der Waals surface area contributed by atoms with Gasteiger partial charge in [-0.25, -0.2) is 4.98 Å². The number of aryl methyl sites for hydroxylation is 1. The Kier molecular flexibility index (Phi) is 6.15. The van der Waals surface area contributed by atoms with E-state index in [1.165, 1.54) is 12.8 Å². The van der Waals surface area contributed by atoms with Crippen molar-refractivity contribution in [1.29, 1.82) is 0 Å². The van der Waals surface area contributed by atoms with E-state index in [0.717, 1.165) is 26.1 Å². The molecule has 0 aromatic carbocycles. The number of amides is 1. The van der Waals surface area contributed by atoms with E-state index in [4.69, 9.17) is 0 Å². The Morgan fingerprint density at radius 2 is 2.50 bits per heavy atom. The summed E-state index contributed by atoms with van der Waals surface area (Å²) >= 11 is 0. The largest absolute Gasteiger partial charge is 0.351 e. The molecule has 2 N–H and O–H groups in total. The molecule has 1 aliphatic heterocycles. The second kappa shape index (κ2) is 7.38. The van der Waals surface area contributed by atoms with Crippen molar-refractivity contribution in [2.75, 3.05) is 19.6 Å². The number of carbonyl (C=O) groups is 1. The molecule has 2 rings (SSSR count). The summed E-state index contributed by atoms with van der Waals surface area (Å²) in [5.74, 6) is 0.671. The Balaban J connectivity index is 0.00000162. The lowest BCUT2D eigenvalue weighted by molar-refractivity contribution is 0.0942. The molecule has 5 nitrogen and oxygen atoms in total. The Hall–Kier alpha value is -1.07. The monoisotopic (exact) mass is 272 g/mol. The summed E-state index contributed by atoms with van der Waals surface area (Å²) in [4.78, 5) is 15.7. The SMILES string of the molecule is Cl.Cn1cncc1C(=O)NCCC1CCCNC1. The van der Waals surface area contributed by atoms with Gasteiger partial charge in [0.2, 0.25) is 0 Å². The number of hydrogen-bond acceptors (Lipinski definition) is 3. The van der Waals surface area contributed by atoms with Crippen LogP contribution >= 0.6 is 12.4 Å². The predicted molar refractivity (Wildman–Crippen MR) is 73.0 cm³/mol. The molecule has 0 bridgehead atoms. The summed E-state index contributed by atoms with van der Waals surface area (Å²) < 4.78 is 1.73. The Bertz CT molecular complexity index is 374. The molecule has 1 aromatic heterocycles. The minimum absolute atomic E-state index is 0. The summed E-state index contributed by atoms with van der Waals surface area (Å²) in [6.07, 6.45) is 6.81. The lowest BCUT2D eigenvalue weighted by atomic mass is 9.96. The Morgan fingerprint density at radius 1 is 1.67 bits per heavy atom. The van der Waals surface area contributed by atoms with Gasteiger partial charge >= 0.3 is 0 Å². The van der Waals surface area contributed by atoms with Crippen LogP contribution in [0.25, 0.3) is 0 Å². The minimum Gasteiger partial charge on any atom is -0.351 e. The fourth-order valence-corrected chi connectivity index (χ4v) is 2.23. The van der Waals surface area contributed by atoms with Gasteiger partial charge in [-0.1, -0.05) is 0 Å². The van der Waals surface area contributed by atoms with Gasteiger partial charge in [0.1, 0.15) is 5.69 Å². The molecular weight excluding hydrogens is 252 g/mol. The van der Waals surface area contributed by atoms with E-state index < -0.39 is 0 Å². The van der Waals surface area contributed by atoms with Gasteiger partial charge in [0.25, 0.3) is 5.91 Å². The first-order chi connectivity index (χ1) is 8.27. The standard InChI is InChI=1S/C12H20N4O.ClH/c1-16-9-14-8-11(16)12(17)15-6-4-10-3-2-5-13-7-10;/h8-10,13H,2-7H2,1H3,(H,15,17);1H. The van der Waals surface area contributed by atoms with Crippen LogP contribution < -0.4 is 10.6 Å². The van der Waals surface area contributed by atoms with Crippen LogP contribution in [0.1, 0.15) is 29.8 Å². The maximum Gasteiger partial charge on any atom is 0.269 e. The van der Waals surface area contributed by atoms with Crippen molar-refractivity contribution in [3.63, 3.8) is 0 Å². The highest BCUT2D eigenvalue weighted by atomic mass is 35.5. The molecule has 0 radical (unpaired) electrons. The molecule has 1 aliphatic rings. The third-order valence-electron chi connectivity index (χ3n) is 3.29. The zero-order valence-electron chi connectivity index (χ0n) is 10.7. The van der Waals surface area contributed by atoms with Gasteiger partial charge < -0.3 is 15.2 Å². The van der Waals surface area contributed by atoms with E-state index in [9.17, 15) is 4.79 Å². The van der Waals surface area contributed by atoms with Crippen LogP contribution in [-0.4, -0.2) is 35.1 Å². The number of carbonyl (C=O) groups excluding carboxylic acids is 1. The number of halogens is 1. The second-order valence-electron chi connectivity index (χ2n) is 4.65. The predicted octanol–water partition coefficient (Wildman–Crippen LogP) is 0.961. The van der Waals surface area contributed by atoms with Crippen LogP contribution in [0.3, 0.4) is 0 Å². The zero-order valence-corrected chi connectivity index (χ0v) is 11.5. The average molecular weight is 273 g/mol. The number of nitrogens with one attached hydrogen (secondary N) is 2. The lowest BCUT2D eigenvalue weighted by Crippen LogP contribution is -2.33. The van der Waals surface area contributed by atoms with Gasteiger partial charge in [-0.2, -0.15) is 0 Å². The molecule has 0 spiro atoms. The number of hydrogen-bond donors (Lipinski definition) is 2. The number of rotatable bonds is 4. The second-order valence-corrected chi connectivity index (χ2v) is 4.65. The van der Waals surface area contributed by atoms with Crippen LogP contribution in [0, 0.1) is 5.92 Å². The smallest absolute Gasteiger partial charge is 0.269 e. The normalized spacial score (nSPS) is 19.1. The highest BCUT2D eigenvalue weighted by Crippen LogP contribution is 2.12. The van der Waals surface area contributed by atoms with Crippen LogP contribution in [0.4, 0.5) is 0 Å². The third kappa shape index (κ3) is 3.99. The van der Waals surface area contributed by atoms with Crippen LogP contribution in [0.15, 0.2) is 12.5 Å². The molecule has 1 fully saturated rings. The molecule has 102 valence electrons. The van der Waals surface area contributed by atoms with E-state index in [2.05, 4.69) is 15.6 Å². The molecule has 0 saturated carbocycles. The van der Waals surface area contributed by atoms with E-state index in [1.807, 2.05) is 7.05 Å². The van der Waals surface area contributed by atoms with Crippen molar-refractivity contribution in [1.82, 2.24) is 20.2 Å². The lowest BCUT2D eigenvalue weighted by Gasteiger charge is -2.22.